The highest BCUT2D eigenvalue weighted by Gasteiger charge is 2.14. The SMILES string of the molecule is COC(=O)Cc1cn(Cc2ccccc2)c2ccc(OCCCOc3cccc(Oc4ccc(OC)cc4)c3)cc12. The minimum Gasteiger partial charge on any atom is -0.497 e. The van der Waals surface area contributed by atoms with Crippen LogP contribution in [-0.2, 0) is 22.5 Å². The molecule has 7 nitrogen and oxygen atoms in total. The zero-order chi connectivity index (χ0) is 28.4. The van der Waals surface area contributed by atoms with Gasteiger partial charge < -0.3 is 28.3 Å². The topological polar surface area (TPSA) is 68.2 Å². The largest absolute Gasteiger partial charge is 0.497 e. The standard InChI is InChI=1S/C34H33NO6/c1-37-27-12-14-28(15-13-27)41-31-11-6-10-29(21-31)39-18-7-19-40-30-16-17-33-32(22-30)26(20-34(36)38-2)24-35(33)23-25-8-4-3-5-9-25/h3-6,8-17,21-22,24H,7,18-20,23H2,1-2H3. The summed E-state index contributed by atoms with van der Waals surface area (Å²) >= 11 is 0. The molecule has 7 heteroatoms. The summed E-state index contributed by atoms with van der Waals surface area (Å²) < 4.78 is 30.2. The molecule has 41 heavy (non-hydrogen) atoms. The molecule has 0 fully saturated rings. The van der Waals surface area contributed by atoms with Crippen molar-refractivity contribution in [2.75, 3.05) is 27.4 Å². The number of ether oxygens (including phenoxy) is 5. The van der Waals surface area contributed by atoms with Gasteiger partial charge in [-0.3, -0.25) is 4.79 Å². The second kappa shape index (κ2) is 13.4. The number of nitrogens with zero attached hydrogens (tertiary/aromatic N) is 1. The van der Waals surface area contributed by atoms with Crippen molar-refractivity contribution in [3.63, 3.8) is 0 Å². The first-order valence-corrected chi connectivity index (χ1v) is 13.5. The fourth-order valence-corrected chi connectivity index (χ4v) is 4.57. The second-order valence-electron chi connectivity index (χ2n) is 9.50. The Morgan fingerprint density at radius 3 is 2.12 bits per heavy atom. The Balaban J connectivity index is 1.17. The van der Waals surface area contributed by atoms with Crippen LogP contribution in [0.5, 0.6) is 28.7 Å². The van der Waals surface area contributed by atoms with E-state index in [0.29, 0.717) is 31.9 Å². The number of hydrogen-bond donors (Lipinski definition) is 0. The van der Waals surface area contributed by atoms with Gasteiger partial charge in [-0.2, -0.15) is 0 Å². The minimum atomic E-state index is -0.272. The van der Waals surface area contributed by atoms with Gasteiger partial charge in [0.05, 0.1) is 33.9 Å². The molecule has 0 N–H and O–H groups in total. The predicted octanol–water partition coefficient (Wildman–Crippen LogP) is 7.05. The molecule has 0 aliphatic heterocycles. The van der Waals surface area contributed by atoms with Gasteiger partial charge in [0, 0.05) is 36.1 Å². The number of benzene rings is 4. The molecule has 0 spiro atoms. The van der Waals surface area contributed by atoms with Gasteiger partial charge in [0.25, 0.3) is 0 Å². The van der Waals surface area contributed by atoms with Crippen molar-refractivity contribution in [2.45, 2.75) is 19.4 Å². The van der Waals surface area contributed by atoms with Crippen molar-refractivity contribution in [3.8, 4) is 28.7 Å². The molecule has 0 bridgehead atoms. The maximum Gasteiger partial charge on any atom is 0.310 e. The molecule has 210 valence electrons. The number of aromatic nitrogens is 1. The molecule has 4 aromatic carbocycles. The summed E-state index contributed by atoms with van der Waals surface area (Å²) in [6.45, 7) is 1.70. The highest BCUT2D eigenvalue weighted by atomic mass is 16.5. The summed E-state index contributed by atoms with van der Waals surface area (Å²) in [7, 11) is 3.04. The monoisotopic (exact) mass is 551 g/mol. The summed E-state index contributed by atoms with van der Waals surface area (Å²) in [4.78, 5) is 12.1. The van der Waals surface area contributed by atoms with E-state index in [4.69, 9.17) is 23.7 Å². The van der Waals surface area contributed by atoms with Crippen LogP contribution in [-0.4, -0.2) is 38.0 Å². The smallest absolute Gasteiger partial charge is 0.310 e. The van der Waals surface area contributed by atoms with E-state index in [0.717, 1.165) is 39.5 Å². The van der Waals surface area contributed by atoms with Crippen molar-refractivity contribution >= 4 is 16.9 Å². The molecule has 0 saturated carbocycles. The van der Waals surface area contributed by atoms with Crippen LogP contribution in [0.25, 0.3) is 10.9 Å². The first-order valence-electron chi connectivity index (χ1n) is 13.5. The van der Waals surface area contributed by atoms with Gasteiger partial charge in [-0.05, 0) is 65.7 Å². The average molecular weight is 552 g/mol. The van der Waals surface area contributed by atoms with Crippen molar-refractivity contribution in [1.29, 1.82) is 0 Å². The molecule has 1 heterocycles. The lowest BCUT2D eigenvalue weighted by Gasteiger charge is -2.11. The van der Waals surface area contributed by atoms with Gasteiger partial charge in [-0.25, -0.2) is 0 Å². The molecule has 0 radical (unpaired) electrons. The predicted molar refractivity (Wildman–Crippen MR) is 158 cm³/mol. The Labute approximate surface area is 239 Å². The van der Waals surface area contributed by atoms with Gasteiger partial charge >= 0.3 is 5.97 Å². The number of carbonyl (C=O) groups excluding carboxylic acids is 1. The third-order valence-electron chi connectivity index (χ3n) is 6.62. The molecule has 0 amide bonds. The Morgan fingerprint density at radius 1 is 0.707 bits per heavy atom. The molecular weight excluding hydrogens is 518 g/mol. The average Bonchev–Trinajstić information content (AvgIpc) is 3.33. The number of methoxy groups -OCH3 is 2. The van der Waals surface area contributed by atoms with Crippen LogP contribution in [0.1, 0.15) is 17.5 Å². The quantitative estimate of drug-likeness (QED) is 0.115. The molecule has 1 aromatic heterocycles. The van der Waals surface area contributed by atoms with Gasteiger partial charge in [-0.15, -0.1) is 0 Å². The maximum atomic E-state index is 12.1. The van der Waals surface area contributed by atoms with E-state index < -0.39 is 0 Å². The van der Waals surface area contributed by atoms with E-state index in [-0.39, 0.29) is 12.4 Å². The molecule has 0 aliphatic carbocycles. The van der Waals surface area contributed by atoms with Gasteiger partial charge in [-0.1, -0.05) is 36.4 Å². The molecule has 0 aliphatic rings. The Hall–Kier alpha value is -4.91. The first kappa shape index (κ1) is 27.6. The lowest BCUT2D eigenvalue weighted by atomic mass is 10.1. The van der Waals surface area contributed by atoms with E-state index in [1.54, 1.807) is 7.11 Å². The number of hydrogen-bond acceptors (Lipinski definition) is 6. The maximum absolute atomic E-state index is 12.1. The Kier molecular flexibility index (Phi) is 9.06. The van der Waals surface area contributed by atoms with E-state index in [2.05, 4.69) is 16.7 Å². The molecular formula is C34H33NO6. The Bertz CT molecular complexity index is 1580. The molecule has 0 saturated heterocycles. The highest BCUT2D eigenvalue weighted by molar-refractivity contribution is 5.89. The normalized spacial score (nSPS) is 10.8. The van der Waals surface area contributed by atoms with Crippen LogP contribution >= 0.6 is 0 Å². The lowest BCUT2D eigenvalue weighted by Crippen LogP contribution is -2.05. The number of carbonyl (C=O) groups is 1. The van der Waals surface area contributed by atoms with Crippen LogP contribution in [0.3, 0.4) is 0 Å². The van der Waals surface area contributed by atoms with Crippen molar-refractivity contribution in [1.82, 2.24) is 4.57 Å². The Morgan fingerprint density at radius 2 is 1.39 bits per heavy atom. The van der Waals surface area contributed by atoms with E-state index in [9.17, 15) is 4.79 Å². The van der Waals surface area contributed by atoms with E-state index in [1.807, 2.05) is 91.1 Å². The number of rotatable bonds is 13. The summed E-state index contributed by atoms with van der Waals surface area (Å²) in [5.74, 6) is 3.39. The van der Waals surface area contributed by atoms with Crippen LogP contribution in [0.2, 0.25) is 0 Å². The fourth-order valence-electron chi connectivity index (χ4n) is 4.57. The molecule has 0 atom stereocenters. The third-order valence-corrected chi connectivity index (χ3v) is 6.62. The zero-order valence-corrected chi connectivity index (χ0v) is 23.2. The van der Waals surface area contributed by atoms with Crippen molar-refractivity contribution in [2.24, 2.45) is 0 Å². The van der Waals surface area contributed by atoms with E-state index in [1.165, 1.54) is 12.7 Å². The summed E-state index contributed by atoms with van der Waals surface area (Å²) in [5, 5.41) is 0.980. The van der Waals surface area contributed by atoms with Crippen LogP contribution in [0.4, 0.5) is 0 Å². The van der Waals surface area contributed by atoms with Gasteiger partial charge in [0.15, 0.2) is 0 Å². The lowest BCUT2D eigenvalue weighted by molar-refractivity contribution is -0.139. The van der Waals surface area contributed by atoms with Crippen LogP contribution in [0.15, 0.2) is 103 Å². The summed E-state index contributed by atoms with van der Waals surface area (Å²) in [5.41, 5.74) is 3.14. The summed E-state index contributed by atoms with van der Waals surface area (Å²) in [6, 6.07) is 31.2. The zero-order valence-electron chi connectivity index (χ0n) is 23.2. The minimum absolute atomic E-state index is 0.202. The number of fused-ring (bicyclic) bond motifs is 1. The highest BCUT2D eigenvalue weighted by Crippen LogP contribution is 2.29. The second-order valence-corrected chi connectivity index (χ2v) is 9.50. The van der Waals surface area contributed by atoms with Gasteiger partial charge in [0.2, 0.25) is 0 Å². The van der Waals surface area contributed by atoms with Crippen LogP contribution in [0, 0.1) is 0 Å². The fraction of sp³-hybridized carbons (Fsp3) is 0.206. The number of esters is 1. The van der Waals surface area contributed by atoms with E-state index >= 15 is 0 Å². The van der Waals surface area contributed by atoms with Crippen molar-refractivity contribution < 1.29 is 28.5 Å². The molecule has 5 aromatic rings. The first-order chi connectivity index (χ1) is 20.1. The van der Waals surface area contributed by atoms with Crippen LogP contribution < -0.4 is 18.9 Å². The third kappa shape index (κ3) is 7.39. The molecule has 5 rings (SSSR count). The van der Waals surface area contributed by atoms with Crippen molar-refractivity contribution in [3.05, 3.63) is 114 Å². The summed E-state index contributed by atoms with van der Waals surface area (Å²) in [6.07, 6.45) is 2.93. The van der Waals surface area contributed by atoms with Gasteiger partial charge in [0.1, 0.15) is 28.7 Å². The molecule has 0 unspecified atom stereocenters.